The van der Waals surface area contributed by atoms with E-state index in [0.29, 0.717) is 17.8 Å². The Morgan fingerprint density at radius 2 is 2.29 bits per heavy atom. The van der Waals surface area contributed by atoms with Gasteiger partial charge in [0.1, 0.15) is 12.5 Å². The van der Waals surface area contributed by atoms with Gasteiger partial charge in [-0.1, -0.05) is 0 Å². The van der Waals surface area contributed by atoms with Crippen LogP contribution in [0.15, 0.2) is 35.8 Å². The highest BCUT2D eigenvalue weighted by molar-refractivity contribution is 7.09. The molecule has 0 bridgehead atoms. The molecule has 2 amide bonds. The Morgan fingerprint density at radius 1 is 1.42 bits per heavy atom. The second-order valence-electron chi connectivity index (χ2n) is 5.67. The molecule has 1 saturated heterocycles. The smallest absolute Gasteiger partial charge is 0.320 e. The molecule has 1 aliphatic heterocycles. The Bertz CT molecular complexity index is 974. The van der Waals surface area contributed by atoms with Crippen molar-refractivity contribution in [2.75, 3.05) is 13.1 Å². The maximum atomic E-state index is 13.3. The molecule has 4 heterocycles. The molecule has 4 rings (SSSR count). The van der Waals surface area contributed by atoms with Crippen LogP contribution in [0.2, 0.25) is 0 Å². The van der Waals surface area contributed by atoms with Gasteiger partial charge < -0.3 is 4.90 Å². The second kappa shape index (κ2) is 5.82. The fourth-order valence-electron chi connectivity index (χ4n) is 2.71. The standard InChI is InChI=1S/C15H15FN6OS/c1-10-6-21(12-2-3-13-17-9-18-22(13)8-12)15(24-10)19-14(23)20-5-4-11(16)7-20/h2-3,6,8-9,11H,4-5,7H2,1H3/b19-15-/t11-/m1/s1. The molecular formula is C15H15FN6OS. The normalized spacial score (nSPS) is 18.7. The van der Waals surface area contributed by atoms with E-state index in [9.17, 15) is 9.18 Å². The number of pyridine rings is 1. The molecule has 0 saturated carbocycles. The molecular weight excluding hydrogens is 331 g/mol. The first-order valence-corrected chi connectivity index (χ1v) is 8.38. The molecule has 0 spiro atoms. The van der Waals surface area contributed by atoms with Crippen molar-refractivity contribution in [1.29, 1.82) is 0 Å². The number of hydrogen-bond acceptors (Lipinski definition) is 4. The van der Waals surface area contributed by atoms with Crippen LogP contribution in [0.1, 0.15) is 11.3 Å². The number of fused-ring (bicyclic) bond motifs is 1. The van der Waals surface area contributed by atoms with Crippen LogP contribution in [0, 0.1) is 6.92 Å². The molecule has 1 fully saturated rings. The summed E-state index contributed by atoms with van der Waals surface area (Å²) in [4.78, 5) is 23.6. The number of amides is 2. The molecule has 0 unspecified atom stereocenters. The van der Waals surface area contributed by atoms with E-state index in [-0.39, 0.29) is 6.54 Å². The number of nitrogens with zero attached hydrogens (tertiary/aromatic N) is 6. The van der Waals surface area contributed by atoms with Crippen LogP contribution >= 0.6 is 11.3 Å². The monoisotopic (exact) mass is 346 g/mol. The minimum atomic E-state index is -0.948. The molecule has 0 radical (unpaired) electrons. The summed E-state index contributed by atoms with van der Waals surface area (Å²) in [6.45, 7) is 2.49. The number of urea groups is 1. The summed E-state index contributed by atoms with van der Waals surface area (Å²) < 4.78 is 16.8. The van der Waals surface area contributed by atoms with E-state index in [1.165, 1.54) is 22.6 Å². The van der Waals surface area contributed by atoms with Gasteiger partial charge in [-0.25, -0.2) is 18.7 Å². The van der Waals surface area contributed by atoms with Crippen LogP contribution in [0.5, 0.6) is 0 Å². The van der Waals surface area contributed by atoms with Crippen LogP contribution in [0.25, 0.3) is 11.3 Å². The van der Waals surface area contributed by atoms with Gasteiger partial charge in [0, 0.05) is 17.6 Å². The van der Waals surface area contributed by atoms with E-state index in [1.54, 1.807) is 4.52 Å². The van der Waals surface area contributed by atoms with Gasteiger partial charge in [-0.3, -0.25) is 4.57 Å². The summed E-state index contributed by atoms with van der Waals surface area (Å²) in [5.74, 6) is 0. The zero-order valence-corrected chi connectivity index (χ0v) is 13.8. The number of carbonyl (C=O) groups is 1. The fraction of sp³-hybridized carbons (Fsp3) is 0.333. The molecule has 3 aromatic rings. The zero-order valence-electron chi connectivity index (χ0n) is 13.0. The Balaban J connectivity index is 1.74. The van der Waals surface area contributed by atoms with Crippen molar-refractivity contribution in [3.63, 3.8) is 0 Å². The number of carbonyl (C=O) groups excluding carboxylic acids is 1. The van der Waals surface area contributed by atoms with Crippen LogP contribution in [0.3, 0.4) is 0 Å². The number of likely N-dealkylation sites (tertiary alicyclic amines) is 1. The van der Waals surface area contributed by atoms with Crippen molar-refractivity contribution in [1.82, 2.24) is 24.1 Å². The van der Waals surface area contributed by atoms with Crippen molar-refractivity contribution in [3.8, 4) is 5.69 Å². The molecule has 0 aliphatic carbocycles. The number of rotatable bonds is 1. The molecule has 0 N–H and O–H groups in total. The lowest BCUT2D eigenvalue weighted by Crippen LogP contribution is -2.28. The molecule has 9 heteroatoms. The largest absolute Gasteiger partial charge is 0.346 e. The Labute approximate surface area is 140 Å². The van der Waals surface area contributed by atoms with Crippen molar-refractivity contribution < 1.29 is 9.18 Å². The summed E-state index contributed by atoms with van der Waals surface area (Å²) in [6.07, 6.45) is 4.66. The summed E-state index contributed by atoms with van der Waals surface area (Å²) in [5.41, 5.74) is 1.57. The average molecular weight is 346 g/mol. The summed E-state index contributed by atoms with van der Waals surface area (Å²) in [5, 5.41) is 4.12. The molecule has 124 valence electrons. The van der Waals surface area contributed by atoms with Gasteiger partial charge in [0.05, 0.1) is 18.4 Å². The third-order valence-corrected chi connectivity index (χ3v) is 4.80. The maximum Gasteiger partial charge on any atom is 0.346 e. The van der Waals surface area contributed by atoms with Crippen LogP contribution in [-0.4, -0.2) is 49.4 Å². The lowest BCUT2D eigenvalue weighted by Gasteiger charge is -2.10. The van der Waals surface area contributed by atoms with E-state index >= 15 is 0 Å². The van der Waals surface area contributed by atoms with Gasteiger partial charge in [0.2, 0.25) is 0 Å². The van der Waals surface area contributed by atoms with Crippen molar-refractivity contribution in [2.24, 2.45) is 4.99 Å². The van der Waals surface area contributed by atoms with E-state index in [4.69, 9.17) is 0 Å². The van der Waals surface area contributed by atoms with Crippen molar-refractivity contribution >= 4 is 23.0 Å². The third kappa shape index (κ3) is 2.71. The van der Waals surface area contributed by atoms with Crippen molar-refractivity contribution in [3.05, 3.63) is 40.5 Å². The predicted octanol–water partition coefficient (Wildman–Crippen LogP) is 1.95. The third-order valence-electron chi connectivity index (χ3n) is 3.90. The molecule has 3 aromatic heterocycles. The first-order chi connectivity index (χ1) is 11.6. The van der Waals surface area contributed by atoms with Gasteiger partial charge in [-0.15, -0.1) is 11.3 Å². The minimum Gasteiger partial charge on any atom is -0.320 e. The second-order valence-corrected chi connectivity index (χ2v) is 6.88. The quantitative estimate of drug-likeness (QED) is 0.676. The highest BCUT2D eigenvalue weighted by Crippen LogP contribution is 2.14. The first-order valence-electron chi connectivity index (χ1n) is 7.57. The van der Waals surface area contributed by atoms with E-state index in [2.05, 4.69) is 15.1 Å². The highest BCUT2D eigenvalue weighted by atomic mass is 32.1. The number of hydrogen-bond donors (Lipinski definition) is 0. The van der Waals surface area contributed by atoms with Gasteiger partial charge in [-0.05, 0) is 25.5 Å². The number of aromatic nitrogens is 4. The van der Waals surface area contributed by atoms with Gasteiger partial charge in [0.15, 0.2) is 10.4 Å². The van der Waals surface area contributed by atoms with Gasteiger partial charge >= 0.3 is 6.03 Å². The number of halogens is 1. The topological polar surface area (TPSA) is 67.8 Å². The number of thiazole rings is 1. The van der Waals surface area contributed by atoms with E-state index in [0.717, 1.165) is 16.2 Å². The van der Waals surface area contributed by atoms with Crippen LogP contribution in [-0.2, 0) is 0 Å². The summed E-state index contributed by atoms with van der Waals surface area (Å²) >= 11 is 1.41. The van der Waals surface area contributed by atoms with Crippen molar-refractivity contribution in [2.45, 2.75) is 19.5 Å². The fourth-order valence-corrected chi connectivity index (χ4v) is 3.54. The zero-order chi connectivity index (χ0) is 16.7. The van der Waals surface area contributed by atoms with Crippen LogP contribution in [0.4, 0.5) is 9.18 Å². The molecule has 7 nitrogen and oxygen atoms in total. The predicted molar refractivity (Wildman–Crippen MR) is 87.0 cm³/mol. The SMILES string of the molecule is Cc1cn(-c2ccc3ncnn3c2)/c(=N/C(=O)N2CC[C@@H](F)C2)s1. The van der Waals surface area contributed by atoms with Gasteiger partial charge in [0.25, 0.3) is 0 Å². The molecule has 24 heavy (non-hydrogen) atoms. The number of aryl methyl sites for hydroxylation is 1. The average Bonchev–Trinajstić information content (AvgIpc) is 3.26. The molecule has 1 aliphatic rings. The lowest BCUT2D eigenvalue weighted by molar-refractivity contribution is 0.213. The Kier molecular flexibility index (Phi) is 3.64. The lowest BCUT2D eigenvalue weighted by atomic mass is 10.3. The van der Waals surface area contributed by atoms with E-state index < -0.39 is 12.2 Å². The molecule has 0 aromatic carbocycles. The van der Waals surface area contributed by atoms with E-state index in [1.807, 2.05) is 36.0 Å². The Hall–Kier alpha value is -2.55. The van der Waals surface area contributed by atoms with Gasteiger partial charge in [-0.2, -0.15) is 10.1 Å². The maximum absolute atomic E-state index is 13.3. The summed E-state index contributed by atoms with van der Waals surface area (Å²) in [7, 11) is 0. The highest BCUT2D eigenvalue weighted by Gasteiger charge is 2.25. The first kappa shape index (κ1) is 15.0. The number of alkyl halides is 1. The summed E-state index contributed by atoms with van der Waals surface area (Å²) in [6, 6.07) is 3.35. The van der Waals surface area contributed by atoms with Crippen LogP contribution < -0.4 is 4.80 Å². The minimum absolute atomic E-state index is 0.123. The molecule has 1 atom stereocenters. The Morgan fingerprint density at radius 3 is 3.08 bits per heavy atom.